The van der Waals surface area contributed by atoms with Crippen molar-refractivity contribution in [2.75, 3.05) is 0 Å². The Balaban J connectivity index is 2.01. The normalized spacial score (nSPS) is 11.2. The van der Waals surface area contributed by atoms with Gasteiger partial charge < -0.3 is 4.98 Å². The van der Waals surface area contributed by atoms with Crippen LogP contribution >= 0.6 is 0 Å². The smallest absolute Gasteiger partial charge is 0.0716 e. The van der Waals surface area contributed by atoms with E-state index in [1.807, 2.05) is 18.3 Å². The highest BCUT2D eigenvalue weighted by atomic mass is 14.7. The van der Waals surface area contributed by atoms with Crippen LogP contribution in [0.2, 0.25) is 0 Å². The quantitative estimate of drug-likeness (QED) is 0.528. The molecule has 2 heteroatoms. The Labute approximate surface area is 110 Å². The lowest BCUT2D eigenvalue weighted by Gasteiger charge is -2.04. The molecule has 0 spiro atoms. The standard InChI is InChI=1S/C17H12N2/c1-2-6-15-12(4-1)8-9-17(19-15)13-5-3-7-16-14(13)10-11-18-16/h1-11,18H. The molecule has 4 rings (SSSR count). The SMILES string of the molecule is c1ccc2nc(-c3cccc4[nH]ccc34)ccc2c1. The van der Waals surface area contributed by atoms with Crippen LogP contribution in [-0.4, -0.2) is 9.97 Å². The summed E-state index contributed by atoms with van der Waals surface area (Å²) in [4.78, 5) is 8.00. The Morgan fingerprint density at radius 1 is 0.789 bits per heavy atom. The van der Waals surface area contributed by atoms with E-state index in [4.69, 9.17) is 4.98 Å². The van der Waals surface area contributed by atoms with Gasteiger partial charge in [0.05, 0.1) is 11.2 Å². The van der Waals surface area contributed by atoms with Crippen molar-refractivity contribution in [3.8, 4) is 11.3 Å². The first-order valence-corrected chi connectivity index (χ1v) is 6.34. The van der Waals surface area contributed by atoms with Crippen molar-refractivity contribution in [1.29, 1.82) is 0 Å². The van der Waals surface area contributed by atoms with Crippen LogP contribution in [-0.2, 0) is 0 Å². The fraction of sp³-hybridized carbons (Fsp3) is 0. The predicted molar refractivity (Wildman–Crippen MR) is 79.0 cm³/mol. The van der Waals surface area contributed by atoms with E-state index in [1.54, 1.807) is 0 Å². The summed E-state index contributed by atoms with van der Waals surface area (Å²) in [6.45, 7) is 0. The van der Waals surface area contributed by atoms with E-state index in [-0.39, 0.29) is 0 Å². The van der Waals surface area contributed by atoms with Crippen LogP contribution in [0, 0.1) is 0 Å². The van der Waals surface area contributed by atoms with Crippen molar-refractivity contribution in [1.82, 2.24) is 9.97 Å². The Morgan fingerprint density at radius 3 is 2.74 bits per heavy atom. The van der Waals surface area contributed by atoms with E-state index in [1.165, 1.54) is 16.3 Å². The van der Waals surface area contributed by atoms with Crippen molar-refractivity contribution in [2.24, 2.45) is 0 Å². The van der Waals surface area contributed by atoms with E-state index in [9.17, 15) is 0 Å². The van der Waals surface area contributed by atoms with Crippen LogP contribution in [0.4, 0.5) is 0 Å². The first-order valence-electron chi connectivity index (χ1n) is 6.34. The number of aromatic nitrogens is 2. The van der Waals surface area contributed by atoms with E-state index in [0.717, 1.165) is 16.7 Å². The van der Waals surface area contributed by atoms with Crippen LogP contribution in [0.3, 0.4) is 0 Å². The monoisotopic (exact) mass is 244 g/mol. The van der Waals surface area contributed by atoms with Gasteiger partial charge in [0.2, 0.25) is 0 Å². The Hall–Kier alpha value is -2.61. The average molecular weight is 244 g/mol. The molecule has 0 radical (unpaired) electrons. The maximum atomic E-state index is 4.76. The highest BCUT2D eigenvalue weighted by Crippen LogP contribution is 2.28. The van der Waals surface area contributed by atoms with Gasteiger partial charge >= 0.3 is 0 Å². The van der Waals surface area contributed by atoms with Gasteiger partial charge in [-0.15, -0.1) is 0 Å². The molecule has 19 heavy (non-hydrogen) atoms. The lowest BCUT2D eigenvalue weighted by molar-refractivity contribution is 1.41. The van der Waals surface area contributed by atoms with Crippen LogP contribution < -0.4 is 0 Å². The van der Waals surface area contributed by atoms with E-state index in [0.29, 0.717) is 0 Å². The molecule has 2 heterocycles. The number of aromatic amines is 1. The third-order valence-corrected chi connectivity index (χ3v) is 3.47. The number of para-hydroxylation sites is 1. The summed E-state index contributed by atoms with van der Waals surface area (Å²) in [6.07, 6.45) is 1.97. The van der Waals surface area contributed by atoms with Gasteiger partial charge in [-0.2, -0.15) is 0 Å². The Morgan fingerprint density at radius 2 is 1.74 bits per heavy atom. The minimum atomic E-state index is 1.02. The summed E-state index contributed by atoms with van der Waals surface area (Å²) >= 11 is 0. The van der Waals surface area contributed by atoms with Crippen molar-refractivity contribution in [2.45, 2.75) is 0 Å². The molecule has 0 fully saturated rings. The molecule has 0 aliphatic carbocycles. The zero-order chi connectivity index (χ0) is 12.7. The van der Waals surface area contributed by atoms with Gasteiger partial charge in [0.1, 0.15) is 0 Å². The lowest BCUT2D eigenvalue weighted by Crippen LogP contribution is -1.85. The first-order chi connectivity index (χ1) is 9.42. The zero-order valence-corrected chi connectivity index (χ0v) is 10.3. The minimum Gasteiger partial charge on any atom is -0.361 e. The van der Waals surface area contributed by atoms with Gasteiger partial charge in [0, 0.05) is 28.0 Å². The summed E-state index contributed by atoms with van der Waals surface area (Å²) in [5, 5.41) is 2.39. The second-order valence-corrected chi connectivity index (χ2v) is 4.63. The van der Waals surface area contributed by atoms with Gasteiger partial charge in [0.25, 0.3) is 0 Å². The van der Waals surface area contributed by atoms with Gasteiger partial charge in [0.15, 0.2) is 0 Å². The van der Waals surface area contributed by atoms with Crippen molar-refractivity contribution < 1.29 is 0 Å². The summed E-state index contributed by atoms with van der Waals surface area (Å²) in [5.41, 5.74) is 4.37. The predicted octanol–water partition coefficient (Wildman–Crippen LogP) is 4.38. The van der Waals surface area contributed by atoms with Gasteiger partial charge in [-0.25, -0.2) is 4.98 Å². The van der Waals surface area contributed by atoms with Gasteiger partial charge in [-0.1, -0.05) is 36.4 Å². The molecule has 0 amide bonds. The molecule has 0 unspecified atom stereocenters. The molecule has 2 nitrogen and oxygen atoms in total. The fourth-order valence-corrected chi connectivity index (χ4v) is 2.52. The maximum Gasteiger partial charge on any atom is 0.0716 e. The van der Waals surface area contributed by atoms with Crippen molar-refractivity contribution >= 4 is 21.8 Å². The summed E-state index contributed by atoms with van der Waals surface area (Å²) in [6, 6.07) is 20.8. The number of pyridine rings is 1. The average Bonchev–Trinajstić information content (AvgIpc) is 2.95. The zero-order valence-electron chi connectivity index (χ0n) is 10.3. The van der Waals surface area contributed by atoms with Crippen LogP contribution in [0.1, 0.15) is 0 Å². The number of H-pyrrole nitrogens is 1. The lowest BCUT2D eigenvalue weighted by atomic mass is 10.1. The largest absolute Gasteiger partial charge is 0.361 e. The third-order valence-electron chi connectivity index (χ3n) is 3.47. The van der Waals surface area contributed by atoms with E-state index < -0.39 is 0 Å². The summed E-state index contributed by atoms with van der Waals surface area (Å²) in [7, 11) is 0. The number of fused-ring (bicyclic) bond motifs is 2. The number of hydrogen-bond donors (Lipinski definition) is 1. The molecule has 2 aromatic carbocycles. The third kappa shape index (κ3) is 1.61. The molecule has 90 valence electrons. The number of benzene rings is 2. The number of hydrogen-bond acceptors (Lipinski definition) is 1. The molecule has 0 aliphatic rings. The Kier molecular flexibility index (Phi) is 2.15. The molecular formula is C17H12N2. The molecule has 1 N–H and O–H groups in total. The Bertz CT molecular complexity index is 874. The highest BCUT2D eigenvalue weighted by molar-refractivity contribution is 5.95. The van der Waals surface area contributed by atoms with E-state index in [2.05, 4.69) is 53.5 Å². The number of nitrogens with zero attached hydrogens (tertiary/aromatic N) is 1. The highest BCUT2D eigenvalue weighted by Gasteiger charge is 2.06. The molecular weight excluding hydrogens is 232 g/mol. The molecule has 2 aromatic heterocycles. The van der Waals surface area contributed by atoms with Crippen LogP contribution in [0.15, 0.2) is 66.9 Å². The second kappa shape index (κ2) is 3.95. The number of nitrogens with one attached hydrogen (secondary N) is 1. The molecule has 0 atom stereocenters. The van der Waals surface area contributed by atoms with Crippen molar-refractivity contribution in [3.05, 3.63) is 66.9 Å². The molecule has 0 aliphatic heterocycles. The van der Waals surface area contributed by atoms with Gasteiger partial charge in [-0.3, -0.25) is 0 Å². The minimum absolute atomic E-state index is 1.02. The molecule has 0 bridgehead atoms. The van der Waals surface area contributed by atoms with Crippen LogP contribution in [0.5, 0.6) is 0 Å². The van der Waals surface area contributed by atoms with E-state index >= 15 is 0 Å². The van der Waals surface area contributed by atoms with Crippen molar-refractivity contribution in [3.63, 3.8) is 0 Å². The first kappa shape index (κ1) is 10.3. The van der Waals surface area contributed by atoms with Gasteiger partial charge in [-0.05, 0) is 24.3 Å². The molecule has 4 aromatic rings. The second-order valence-electron chi connectivity index (χ2n) is 4.63. The molecule has 0 saturated carbocycles. The fourth-order valence-electron chi connectivity index (χ4n) is 2.52. The maximum absolute atomic E-state index is 4.76. The summed E-state index contributed by atoms with van der Waals surface area (Å²) < 4.78 is 0. The molecule has 0 saturated heterocycles. The van der Waals surface area contributed by atoms with Crippen LogP contribution in [0.25, 0.3) is 33.1 Å². The summed E-state index contributed by atoms with van der Waals surface area (Å²) in [5.74, 6) is 0. The topological polar surface area (TPSA) is 28.7 Å². The number of rotatable bonds is 1.